The number of rotatable bonds is 3. The number of carbonyl (C=O) groups excluding carboxylic acids is 1. The summed E-state index contributed by atoms with van der Waals surface area (Å²) < 4.78 is 26.3. The van der Waals surface area contributed by atoms with E-state index in [1.165, 1.54) is 18.2 Å². The molecule has 0 aliphatic carbocycles. The number of carboxylic acids is 1. The van der Waals surface area contributed by atoms with Gasteiger partial charge < -0.3 is 10.4 Å². The van der Waals surface area contributed by atoms with Gasteiger partial charge in [-0.15, -0.1) is 0 Å². The third-order valence-electron chi connectivity index (χ3n) is 2.55. The molecule has 0 aliphatic heterocycles. The summed E-state index contributed by atoms with van der Waals surface area (Å²) in [6.45, 7) is 0. The van der Waals surface area contributed by atoms with Crippen molar-refractivity contribution < 1.29 is 23.5 Å². The number of nitrogens with zero attached hydrogens (tertiary/aromatic N) is 1. The molecule has 0 fully saturated rings. The van der Waals surface area contributed by atoms with Crippen molar-refractivity contribution in [2.45, 2.75) is 0 Å². The van der Waals surface area contributed by atoms with Crippen LogP contribution >= 0.6 is 11.6 Å². The highest BCUT2D eigenvalue weighted by atomic mass is 35.5. The number of carbonyl (C=O) groups is 2. The Morgan fingerprint density at radius 1 is 1.19 bits per heavy atom. The fourth-order valence-electron chi connectivity index (χ4n) is 1.56. The van der Waals surface area contributed by atoms with Gasteiger partial charge in [-0.1, -0.05) is 11.6 Å². The molecule has 2 rings (SSSR count). The molecule has 0 bridgehead atoms. The van der Waals surface area contributed by atoms with Crippen LogP contribution in [-0.4, -0.2) is 22.0 Å². The van der Waals surface area contributed by atoms with E-state index in [4.69, 9.17) is 16.7 Å². The summed E-state index contributed by atoms with van der Waals surface area (Å²) in [7, 11) is 0. The minimum Gasteiger partial charge on any atom is -0.478 e. The summed E-state index contributed by atoms with van der Waals surface area (Å²) in [5, 5.41) is 11.0. The number of carboxylic acid groups (broad SMARTS) is 1. The lowest BCUT2D eigenvalue weighted by Gasteiger charge is -2.07. The summed E-state index contributed by atoms with van der Waals surface area (Å²) in [5.74, 6) is -4.89. The van der Waals surface area contributed by atoms with Gasteiger partial charge in [-0.3, -0.25) is 4.79 Å². The summed E-state index contributed by atoms with van der Waals surface area (Å²) >= 11 is 5.73. The zero-order chi connectivity index (χ0) is 15.6. The number of pyridine rings is 1. The van der Waals surface area contributed by atoms with E-state index >= 15 is 0 Å². The number of benzene rings is 1. The molecule has 2 aromatic rings. The van der Waals surface area contributed by atoms with Gasteiger partial charge in [-0.2, -0.15) is 4.39 Å². The fourth-order valence-corrected chi connectivity index (χ4v) is 1.82. The molecule has 0 atom stereocenters. The maximum Gasteiger partial charge on any atom is 0.337 e. The van der Waals surface area contributed by atoms with Crippen molar-refractivity contribution in [1.82, 2.24) is 4.98 Å². The molecule has 1 amide bonds. The maximum atomic E-state index is 13.4. The van der Waals surface area contributed by atoms with Crippen LogP contribution in [0, 0.1) is 11.8 Å². The largest absolute Gasteiger partial charge is 0.478 e. The molecule has 21 heavy (non-hydrogen) atoms. The van der Waals surface area contributed by atoms with E-state index < -0.39 is 29.2 Å². The van der Waals surface area contributed by atoms with Crippen LogP contribution in [0.4, 0.5) is 14.5 Å². The highest BCUT2D eigenvalue weighted by Crippen LogP contribution is 2.22. The second-order valence-corrected chi connectivity index (χ2v) is 4.32. The van der Waals surface area contributed by atoms with Crippen LogP contribution in [0.1, 0.15) is 20.7 Å². The first kappa shape index (κ1) is 14.9. The van der Waals surface area contributed by atoms with Crippen molar-refractivity contribution in [2.24, 2.45) is 0 Å². The van der Waals surface area contributed by atoms with Gasteiger partial charge in [0.2, 0.25) is 5.95 Å². The van der Waals surface area contributed by atoms with E-state index in [-0.39, 0.29) is 16.3 Å². The summed E-state index contributed by atoms with van der Waals surface area (Å²) in [6, 6.07) is 4.67. The van der Waals surface area contributed by atoms with Gasteiger partial charge in [0.15, 0.2) is 5.82 Å². The number of amides is 1. The van der Waals surface area contributed by atoms with Crippen LogP contribution in [0.5, 0.6) is 0 Å². The van der Waals surface area contributed by atoms with Crippen LogP contribution in [0.3, 0.4) is 0 Å². The Labute approximate surface area is 122 Å². The Morgan fingerprint density at radius 3 is 2.52 bits per heavy atom. The van der Waals surface area contributed by atoms with E-state index in [2.05, 4.69) is 10.3 Å². The molecule has 1 heterocycles. The molecule has 5 nitrogen and oxygen atoms in total. The van der Waals surface area contributed by atoms with E-state index in [0.29, 0.717) is 0 Å². The maximum absolute atomic E-state index is 13.4. The van der Waals surface area contributed by atoms with Crippen molar-refractivity contribution in [3.63, 3.8) is 0 Å². The average Bonchev–Trinajstić information content (AvgIpc) is 2.41. The van der Waals surface area contributed by atoms with Crippen LogP contribution in [0.15, 0.2) is 30.5 Å². The third kappa shape index (κ3) is 3.14. The van der Waals surface area contributed by atoms with Gasteiger partial charge in [0.25, 0.3) is 5.91 Å². The number of aromatic nitrogens is 1. The third-order valence-corrected chi connectivity index (χ3v) is 2.86. The number of nitrogens with one attached hydrogen (secondary N) is 1. The smallest absolute Gasteiger partial charge is 0.337 e. The molecule has 0 saturated heterocycles. The number of anilines is 1. The standard InChI is InChI=1S/C13H7ClF2N2O3/c14-9-5-6(1-2-7(9)13(20)21)18-12(19)8-3-4-17-11(16)10(8)15/h1-5H,(H,18,19)(H,20,21). The highest BCUT2D eigenvalue weighted by Gasteiger charge is 2.17. The van der Waals surface area contributed by atoms with Crippen LogP contribution in [0.25, 0.3) is 0 Å². The van der Waals surface area contributed by atoms with Crippen molar-refractivity contribution in [1.29, 1.82) is 0 Å². The monoisotopic (exact) mass is 312 g/mol. The van der Waals surface area contributed by atoms with E-state index in [0.717, 1.165) is 12.3 Å². The molecule has 0 spiro atoms. The van der Waals surface area contributed by atoms with Gasteiger partial charge in [0, 0.05) is 11.9 Å². The normalized spacial score (nSPS) is 10.2. The molecule has 8 heteroatoms. The lowest BCUT2D eigenvalue weighted by atomic mass is 10.2. The summed E-state index contributed by atoms with van der Waals surface area (Å²) in [5.41, 5.74) is -0.525. The lowest BCUT2D eigenvalue weighted by Crippen LogP contribution is -2.15. The molecule has 0 aliphatic rings. The first-order chi connectivity index (χ1) is 9.90. The molecule has 2 N–H and O–H groups in total. The molecule has 1 aromatic carbocycles. The van der Waals surface area contributed by atoms with Gasteiger partial charge >= 0.3 is 5.97 Å². The van der Waals surface area contributed by atoms with Crippen molar-refractivity contribution >= 4 is 29.2 Å². The Morgan fingerprint density at radius 2 is 1.90 bits per heavy atom. The van der Waals surface area contributed by atoms with Gasteiger partial charge in [0.05, 0.1) is 16.1 Å². The quantitative estimate of drug-likeness (QED) is 0.854. The fraction of sp³-hybridized carbons (Fsp3) is 0. The Balaban J connectivity index is 2.26. The van der Waals surface area contributed by atoms with E-state index in [9.17, 15) is 18.4 Å². The Kier molecular flexibility index (Phi) is 4.13. The zero-order valence-electron chi connectivity index (χ0n) is 10.2. The van der Waals surface area contributed by atoms with Crippen LogP contribution < -0.4 is 5.32 Å². The Bertz CT molecular complexity index is 737. The number of aromatic carboxylic acids is 1. The minimum absolute atomic E-state index is 0.0957. The average molecular weight is 313 g/mol. The zero-order valence-corrected chi connectivity index (χ0v) is 11.0. The molecule has 0 unspecified atom stereocenters. The molecule has 0 radical (unpaired) electrons. The predicted molar refractivity (Wildman–Crippen MR) is 70.5 cm³/mol. The van der Waals surface area contributed by atoms with Gasteiger partial charge in [-0.05, 0) is 24.3 Å². The highest BCUT2D eigenvalue weighted by molar-refractivity contribution is 6.33. The van der Waals surface area contributed by atoms with Crippen molar-refractivity contribution in [3.8, 4) is 0 Å². The number of halogens is 3. The van der Waals surface area contributed by atoms with Gasteiger partial charge in [-0.25, -0.2) is 14.2 Å². The predicted octanol–water partition coefficient (Wildman–Crippen LogP) is 2.96. The second kappa shape index (κ2) is 5.84. The minimum atomic E-state index is -1.39. The first-order valence-corrected chi connectivity index (χ1v) is 5.92. The molecular weight excluding hydrogens is 306 g/mol. The van der Waals surface area contributed by atoms with Crippen LogP contribution in [-0.2, 0) is 0 Å². The van der Waals surface area contributed by atoms with Gasteiger partial charge in [0.1, 0.15) is 0 Å². The van der Waals surface area contributed by atoms with E-state index in [1.807, 2.05) is 0 Å². The molecule has 0 saturated carbocycles. The summed E-state index contributed by atoms with van der Waals surface area (Å²) in [6.07, 6.45) is 0.952. The van der Waals surface area contributed by atoms with E-state index in [1.54, 1.807) is 0 Å². The topological polar surface area (TPSA) is 79.3 Å². The molecule has 108 valence electrons. The van der Waals surface area contributed by atoms with Crippen LogP contribution in [0.2, 0.25) is 5.02 Å². The molecule has 1 aromatic heterocycles. The number of hydrogen-bond donors (Lipinski definition) is 2. The first-order valence-electron chi connectivity index (χ1n) is 5.54. The Hall–Kier alpha value is -2.54. The SMILES string of the molecule is O=C(O)c1ccc(NC(=O)c2ccnc(F)c2F)cc1Cl. The number of hydrogen-bond acceptors (Lipinski definition) is 3. The second-order valence-electron chi connectivity index (χ2n) is 3.92. The summed E-state index contributed by atoms with van der Waals surface area (Å²) in [4.78, 5) is 25.7. The van der Waals surface area contributed by atoms with Crippen molar-refractivity contribution in [2.75, 3.05) is 5.32 Å². The molecular formula is C13H7ClF2N2O3. The lowest BCUT2D eigenvalue weighted by molar-refractivity contribution is 0.0697. The van der Waals surface area contributed by atoms with Crippen molar-refractivity contribution in [3.05, 3.63) is 58.4 Å².